The highest BCUT2D eigenvalue weighted by molar-refractivity contribution is 5.98. The summed E-state index contributed by atoms with van der Waals surface area (Å²) in [4.78, 5) is 24.0. The third-order valence-corrected chi connectivity index (χ3v) is 3.26. The van der Waals surface area contributed by atoms with E-state index in [9.17, 15) is 9.59 Å². The molecular weight excluding hydrogens is 246 g/mol. The van der Waals surface area contributed by atoms with Gasteiger partial charge in [-0.05, 0) is 20.3 Å². The minimum atomic E-state index is -1.01. The molecule has 1 heterocycles. The summed E-state index contributed by atoms with van der Waals surface area (Å²) in [6.45, 7) is 5.42. The number of hydrogen-bond donors (Lipinski definition) is 1. The molecule has 6 heteroatoms. The first-order valence-corrected chi connectivity index (χ1v) is 6.25. The lowest BCUT2D eigenvalue weighted by atomic mass is 9.95. The zero-order valence-electron chi connectivity index (χ0n) is 12.1. The van der Waals surface area contributed by atoms with Crippen LogP contribution in [-0.4, -0.2) is 34.3 Å². The molecule has 0 aliphatic rings. The lowest BCUT2D eigenvalue weighted by Crippen LogP contribution is -2.52. The Labute approximate surface area is 113 Å². The molecule has 0 radical (unpaired) electrons. The quantitative estimate of drug-likeness (QED) is 0.813. The standard InChI is InChI=1S/C13H21N3O3/c1-6-7-13(3,12(18)19-5)15-11(17)10-8-14-16(4)9(10)2/h8H,6-7H2,1-5H3,(H,15,17). The highest BCUT2D eigenvalue weighted by Gasteiger charge is 2.35. The van der Waals surface area contributed by atoms with Gasteiger partial charge >= 0.3 is 5.97 Å². The topological polar surface area (TPSA) is 73.2 Å². The van der Waals surface area contributed by atoms with Crippen LogP contribution in [0.25, 0.3) is 0 Å². The van der Waals surface area contributed by atoms with Gasteiger partial charge in [-0.15, -0.1) is 0 Å². The van der Waals surface area contributed by atoms with E-state index < -0.39 is 11.5 Å². The first-order valence-electron chi connectivity index (χ1n) is 6.25. The van der Waals surface area contributed by atoms with Crippen LogP contribution in [0.15, 0.2) is 6.20 Å². The fraction of sp³-hybridized carbons (Fsp3) is 0.615. The number of rotatable bonds is 5. The van der Waals surface area contributed by atoms with Crippen LogP contribution in [-0.2, 0) is 16.6 Å². The summed E-state index contributed by atoms with van der Waals surface area (Å²) in [5, 5.41) is 6.77. The second kappa shape index (κ2) is 5.86. The first kappa shape index (κ1) is 15.2. The monoisotopic (exact) mass is 267 g/mol. The van der Waals surface area contributed by atoms with Crippen LogP contribution in [0.5, 0.6) is 0 Å². The highest BCUT2D eigenvalue weighted by Crippen LogP contribution is 2.16. The van der Waals surface area contributed by atoms with Gasteiger partial charge < -0.3 is 10.1 Å². The van der Waals surface area contributed by atoms with E-state index in [-0.39, 0.29) is 5.91 Å². The van der Waals surface area contributed by atoms with Gasteiger partial charge in [-0.1, -0.05) is 13.3 Å². The van der Waals surface area contributed by atoms with E-state index in [1.165, 1.54) is 13.3 Å². The summed E-state index contributed by atoms with van der Waals surface area (Å²) < 4.78 is 6.38. The second-order valence-corrected chi connectivity index (χ2v) is 4.80. The predicted molar refractivity (Wildman–Crippen MR) is 70.7 cm³/mol. The Kier molecular flexibility index (Phi) is 4.69. The summed E-state index contributed by atoms with van der Waals surface area (Å²) in [7, 11) is 3.08. The van der Waals surface area contributed by atoms with Crippen molar-refractivity contribution in [1.29, 1.82) is 0 Å². The number of nitrogens with one attached hydrogen (secondary N) is 1. The predicted octanol–water partition coefficient (Wildman–Crippen LogP) is 1.19. The minimum Gasteiger partial charge on any atom is -0.467 e. The average Bonchev–Trinajstić information content (AvgIpc) is 2.69. The molecule has 1 N–H and O–H groups in total. The van der Waals surface area contributed by atoms with Crippen molar-refractivity contribution in [3.8, 4) is 0 Å². The average molecular weight is 267 g/mol. The molecule has 0 spiro atoms. The number of amides is 1. The number of aromatic nitrogens is 2. The molecule has 1 unspecified atom stereocenters. The Morgan fingerprint density at radius 1 is 1.53 bits per heavy atom. The van der Waals surface area contributed by atoms with Gasteiger partial charge in [0.25, 0.3) is 5.91 Å². The zero-order chi connectivity index (χ0) is 14.6. The van der Waals surface area contributed by atoms with Gasteiger partial charge in [-0.25, -0.2) is 4.79 Å². The number of methoxy groups -OCH3 is 1. The Morgan fingerprint density at radius 2 is 2.16 bits per heavy atom. The highest BCUT2D eigenvalue weighted by atomic mass is 16.5. The van der Waals surface area contributed by atoms with Crippen molar-refractivity contribution >= 4 is 11.9 Å². The van der Waals surface area contributed by atoms with Gasteiger partial charge in [0.1, 0.15) is 5.54 Å². The Balaban J connectivity index is 2.94. The van der Waals surface area contributed by atoms with E-state index in [4.69, 9.17) is 4.74 Å². The van der Waals surface area contributed by atoms with Crippen LogP contribution >= 0.6 is 0 Å². The molecule has 0 saturated carbocycles. The maximum atomic E-state index is 12.2. The molecule has 0 saturated heterocycles. The Morgan fingerprint density at radius 3 is 2.58 bits per heavy atom. The second-order valence-electron chi connectivity index (χ2n) is 4.80. The van der Waals surface area contributed by atoms with Crippen LogP contribution in [0.2, 0.25) is 0 Å². The number of esters is 1. The maximum Gasteiger partial charge on any atom is 0.331 e. The van der Waals surface area contributed by atoms with Gasteiger partial charge in [-0.3, -0.25) is 9.48 Å². The lowest BCUT2D eigenvalue weighted by molar-refractivity contribution is -0.147. The molecule has 1 aromatic rings. The number of aryl methyl sites for hydroxylation is 1. The van der Waals surface area contributed by atoms with E-state index in [1.54, 1.807) is 25.6 Å². The third kappa shape index (κ3) is 3.13. The molecular formula is C13H21N3O3. The molecule has 0 aliphatic heterocycles. The molecule has 0 bridgehead atoms. The van der Waals surface area contributed by atoms with E-state index in [0.29, 0.717) is 12.0 Å². The first-order chi connectivity index (χ1) is 8.85. The molecule has 0 aromatic carbocycles. The van der Waals surface area contributed by atoms with Crippen molar-refractivity contribution in [3.63, 3.8) is 0 Å². The Bertz CT molecular complexity index is 481. The van der Waals surface area contributed by atoms with E-state index in [0.717, 1.165) is 12.1 Å². The molecule has 6 nitrogen and oxygen atoms in total. The van der Waals surface area contributed by atoms with Crippen molar-refractivity contribution in [1.82, 2.24) is 15.1 Å². The molecule has 1 rings (SSSR count). The van der Waals surface area contributed by atoms with Crippen molar-refractivity contribution < 1.29 is 14.3 Å². The molecule has 106 valence electrons. The van der Waals surface area contributed by atoms with Gasteiger partial charge in [-0.2, -0.15) is 5.10 Å². The number of carbonyl (C=O) groups excluding carboxylic acids is 2. The Hall–Kier alpha value is -1.85. The number of ether oxygens (including phenoxy) is 1. The fourth-order valence-corrected chi connectivity index (χ4v) is 1.98. The molecule has 1 atom stereocenters. The smallest absolute Gasteiger partial charge is 0.331 e. The summed E-state index contributed by atoms with van der Waals surface area (Å²) >= 11 is 0. The van der Waals surface area contributed by atoms with Gasteiger partial charge in [0.15, 0.2) is 0 Å². The van der Waals surface area contributed by atoms with E-state index >= 15 is 0 Å². The molecule has 19 heavy (non-hydrogen) atoms. The van der Waals surface area contributed by atoms with Crippen LogP contribution in [0, 0.1) is 6.92 Å². The number of carbonyl (C=O) groups is 2. The lowest BCUT2D eigenvalue weighted by Gasteiger charge is -2.27. The normalized spacial score (nSPS) is 13.7. The van der Waals surface area contributed by atoms with Gasteiger partial charge in [0.2, 0.25) is 0 Å². The zero-order valence-corrected chi connectivity index (χ0v) is 12.1. The van der Waals surface area contributed by atoms with Crippen LogP contribution in [0.3, 0.4) is 0 Å². The summed E-state index contributed by atoms with van der Waals surface area (Å²) in [6, 6.07) is 0. The molecule has 1 amide bonds. The fourth-order valence-electron chi connectivity index (χ4n) is 1.98. The van der Waals surface area contributed by atoms with Gasteiger partial charge in [0.05, 0.1) is 18.9 Å². The van der Waals surface area contributed by atoms with Crippen molar-refractivity contribution in [2.24, 2.45) is 7.05 Å². The van der Waals surface area contributed by atoms with E-state index in [2.05, 4.69) is 10.4 Å². The third-order valence-electron chi connectivity index (χ3n) is 3.26. The number of nitrogens with zero attached hydrogens (tertiary/aromatic N) is 2. The number of hydrogen-bond acceptors (Lipinski definition) is 4. The SMILES string of the molecule is CCCC(C)(NC(=O)c1cnn(C)c1C)C(=O)OC. The van der Waals surface area contributed by atoms with Crippen molar-refractivity contribution in [2.45, 2.75) is 39.2 Å². The molecule has 1 aromatic heterocycles. The molecule has 0 fully saturated rings. The van der Waals surface area contributed by atoms with Gasteiger partial charge in [0, 0.05) is 12.7 Å². The van der Waals surface area contributed by atoms with Crippen LogP contribution in [0.1, 0.15) is 42.7 Å². The van der Waals surface area contributed by atoms with Crippen LogP contribution < -0.4 is 5.32 Å². The molecule has 0 aliphatic carbocycles. The minimum absolute atomic E-state index is 0.313. The van der Waals surface area contributed by atoms with Crippen molar-refractivity contribution in [2.75, 3.05) is 7.11 Å². The largest absolute Gasteiger partial charge is 0.467 e. The van der Waals surface area contributed by atoms with E-state index in [1.807, 2.05) is 6.92 Å². The summed E-state index contributed by atoms with van der Waals surface area (Å²) in [6.07, 6.45) is 2.77. The summed E-state index contributed by atoms with van der Waals surface area (Å²) in [5.41, 5.74) is 0.206. The maximum absolute atomic E-state index is 12.2. The summed E-state index contributed by atoms with van der Waals surface area (Å²) in [5.74, 6) is -0.754. The van der Waals surface area contributed by atoms with Crippen molar-refractivity contribution in [3.05, 3.63) is 17.5 Å². The van der Waals surface area contributed by atoms with Crippen LogP contribution in [0.4, 0.5) is 0 Å².